The van der Waals surface area contributed by atoms with Gasteiger partial charge in [-0.05, 0) is 6.07 Å². The van der Waals surface area contributed by atoms with Crippen LogP contribution >= 0.6 is 0 Å². The van der Waals surface area contributed by atoms with Crippen molar-refractivity contribution in [1.82, 2.24) is 0 Å². The van der Waals surface area contributed by atoms with Crippen molar-refractivity contribution in [2.45, 2.75) is 0 Å². The molecule has 0 bridgehead atoms. The van der Waals surface area contributed by atoms with Crippen molar-refractivity contribution in [3.05, 3.63) is 30.3 Å². The molecule has 1 radical (unpaired) electrons. The molecule has 0 atom stereocenters. The van der Waals surface area contributed by atoms with Crippen molar-refractivity contribution >= 4 is 10.8 Å². The van der Waals surface area contributed by atoms with E-state index in [4.69, 9.17) is 9.47 Å². The van der Waals surface area contributed by atoms with Gasteiger partial charge in [0.1, 0.15) is 0 Å². The minimum atomic E-state index is 0. The predicted molar refractivity (Wildman–Crippen MR) is 52.6 cm³/mol. The van der Waals surface area contributed by atoms with Gasteiger partial charge < -0.3 is 34.3 Å². The molecular weight excluding hydrogens is 283 g/mol. The van der Waals surface area contributed by atoms with Crippen molar-refractivity contribution < 1.29 is 56.0 Å². The van der Waals surface area contributed by atoms with Gasteiger partial charge in [-0.2, -0.15) is 12.1 Å². The second kappa shape index (κ2) is 7.91. The summed E-state index contributed by atoms with van der Waals surface area (Å²) in [6.07, 6.45) is 0. The molecule has 85 valence electrons. The fourth-order valence-corrected chi connectivity index (χ4v) is 1.54. The summed E-state index contributed by atoms with van der Waals surface area (Å²) >= 11 is 0. The van der Waals surface area contributed by atoms with Gasteiger partial charge in [0.05, 0.1) is 20.0 Å². The largest absolute Gasteiger partial charge is 3.00 e. The zero-order valence-electron chi connectivity index (χ0n) is 8.96. The monoisotopic (exact) mass is 293 g/mol. The molecule has 0 aromatic heterocycles. The van der Waals surface area contributed by atoms with E-state index in [1.807, 2.05) is 30.3 Å². The van der Waals surface area contributed by atoms with Crippen molar-refractivity contribution in [3.8, 4) is 11.5 Å². The van der Waals surface area contributed by atoms with E-state index in [0.717, 1.165) is 22.3 Å². The Bertz CT molecular complexity index is 391. The van der Waals surface area contributed by atoms with Crippen molar-refractivity contribution in [2.24, 2.45) is 0 Å². The second-order valence-electron chi connectivity index (χ2n) is 2.82. The molecule has 0 N–H and O–H groups in total. The number of methoxy groups -OCH3 is 2. The summed E-state index contributed by atoms with van der Waals surface area (Å²) in [5, 5.41) is 2.20. The van der Waals surface area contributed by atoms with Crippen LogP contribution in [0.3, 0.4) is 0 Å². The van der Waals surface area contributed by atoms with E-state index in [1.165, 1.54) is 0 Å². The maximum Gasteiger partial charge on any atom is 3.00 e. The van der Waals surface area contributed by atoms with Crippen LogP contribution in [0.2, 0.25) is 0 Å². The minimum absolute atomic E-state index is 0. The Kier molecular flexibility index (Phi) is 8.95. The van der Waals surface area contributed by atoms with Gasteiger partial charge >= 0.3 is 21.7 Å². The molecule has 0 spiro atoms. The SMILES string of the molecule is COc1ccc(OC)c2[cH-]ccc12.[Cl-].[Cl-].[Ti+3]. The first-order chi connectivity index (χ1) is 6.36. The van der Waals surface area contributed by atoms with Gasteiger partial charge in [0, 0.05) is 5.75 Å². The first-order valence-corrected chi connectivity index (χ1v) is 4.13. The van der Waals surface area contributed by atoms with Crippen molar-refractivity contribution in [2.75, 3.05) is 14.2 Å². The molecule has 0 aliphatic heterocycles. The van der Waals surface area contributed by atoms with E-state index in [9.17, 15) is 0 Å². The number of halogens is 2. The van der Waals surface area contributed by atoms with E-state index in [0.29, 0.717) is 0 Å². The second-order valence-corrected chi connectivity index (χ2v) is 2.82. The molecule has 0 amide bonds. The van der Waals surface area contributed by atoms with Crippen LogP contribution in [0.1, 0.15) is 0 Å². The zero-order valence-corrected chi connectivity index (χ0v) is 12.0. The van der Waals surface area contributed by atoms with Gasteiger partial charge in [-0.3, -0.25) is 0 Å². The van der Waals surface area contributed by atoms with Gasteiger partial charge in [0.15, 0.2) is 0 Å². The first kappa shape index (κ1) is 18.1. The summed E-state index contributed by atoms with van der Waals surface area (Å²) in [6, 6.07) is 9.88. The van der Waals surface area contributed by atoms with Crippen LogP contribution in [0.5, 0.6) is 11.5 Å². The van der Waals surface area contributed by atoms with Crippen LogP contribution in [-0.4, -0.2) is 14.2 Å². The van der Waals surface area contributed by atoms with Crippen molar-refractivity contribution in [1.29, 1.82) is 0 Å². The Balaban J connectivity index is 0. The van der Waals surface area contributed by atoms with Gasteiger partial charge in [0.25, 0.3) is 0 Å². The third-order valence-electron chi connectivity index (χ3n) is 2.17. The standard InChI is InChI=1S/C11H11O2.2ClH.Ti/c1-12-10-6-7-11(13-2)9-5-3-4-8(9)10;;;/h3-7H,1-2H3;2*1H;/q-1;;;+3/p-2. The normalized spacial score (nSPS) is 8.38. The number of rotatable bonds is 2. The molecule has 0 aliphatic rings. The molecular formula is C11H11Cl2O2Ti. The Morgan fingerprint density at radius 2 is 1.50 bits per heavy atom. The quantitative estimate of drug-likeness (QED) is 0.424. The summed E-state index contributed by atoms with van der Waals surface area (Å²) in [6.45, 7) is 0. The molecule has 5 heteroatoms. The summed E-state index contributed by atoms with van der Waals surface area (Å²) < 4.78 is 10.5. The van der Waals surface area contributed by atoms with Crippen LogP contribution in [0, 0.1) is 0 Å². The predicted octanol–water partition coefficient (Wildman–Crippen LogP) is -3.42. The Labute approximate surface area is 122 Å². The maximum absolute atomic E-state index is 5.23. The topological polar surface area (TPSA) is 18.5 Å². The molecule has 0 saturated carbocycles. The summed E-state index contributed by atoms with van der Waals surface area (Å²) in [5.41, 5.74) is 0. The Morgan fingerprint density at radius 3 is 2.06 bits per heavy atom. The van der Waals surface area contributed by atoms with Crippen molar-refractivity contribution in [3.63, 3.8) is 0 Å². The molecule has 2 aromatic rings. The molecule has 2 nitrogen and oxygen atoms in total. The van der Waals surface area contributed by atoms with Gasteiger partial charge in [0.2, 0.25) is 0 Å². The van der Waals surface area contributed by atoms with E-state index >= 15 is 0 Å². The fourth-order valence-electron chi connectivity index (χ4n) is 1.54. The van der Waals surface area contributed by atoms with Crippen LogP contribution in [-0.2, 0) is 21.7 Å². The third kappa shape index (κ3) is 3.11. The molecule has 2 aromatic carbocycles. The van der Waals surface area contributed by atoms with Crippen LogP contribution < -0.4 is 34.3 Å². The van der Waals surface area contributed by atoms with Crippen LogP contribution in [0.25, 0.3) is 10.8 Å². The molecule has 2 rings (SSSR count). The molecule has 0 saturated heterocycles. The molecule has 0 fully saturated rings. The smallest absolute Gasteiger partial charge is 1.00 e. The van der Waals surface area contributed by atoms with Gasteiger partial charge in [-0.1, -0.05) is 11.5 Å². The first-order valence-electron chi connectivity index (χ1n) is 4.13. The number of hydrogen-bond donors (Lipinski definition) is 0. The molecule has 0 aliphatic carbocycles. The third-order valence-corrected chi connectivity index (χ3v) is 2.17. The summed E-state index contributed by atoms with van der Waals surface area (Å²) in [5.74, 6) is 1.78. The maximum atomic E-state index is 5.23. The van der Waals surface area contributed by atoms with Crippen LogP contribution in [0.4, 0.5) is 0 Å². The summed E-state index contributed by atoms with van der Waals surface area (Å²) in [7, 11) is 3.35. The van der Waals surface area contributed by atoms with E-state index in [-0.39, 0.29) is 46.5 Å². The molecule has 16 heavy (non-hydrogen) atoms. The van der Waals surface area contributed by atoms with E-state index < -0.39 is 0 Å². The summed E-state index contributed by atoms with van der Waals surface area (Å²) in [4.78, 5) is 0. The van der Waals surface area contributed by atoms with Gasteiger partial charge in [-0.15, -0.1) is 11.5 Å². The number of fused-ring (bicyclic) bond motifs is 1. The number of benzene rings is 1. The average Bonchev–Trinajstić information content (AvgIpc) is 2.64. The average molecular weight is 294 g/mol. The van der Waals surface area contributed by atoms with E-state index in [1.54, 1.807) is 14.2 Å². The molecule has 0 heterocycles. The van der Waals surface area contributed by atoms with Crippen LogP contribution in [0.15, 0.2) is 30.3 Å². The minimum Gasteiger partial charge on any atom is -1.00 e. The Morgan fingerprint density at radius 1 is 0.938 bits per heavy atom. The fraction of sp³-hybridized carbons (Fsp3) is 0.182. The van der Waals surface area contributed by atoms with E-state index in [2.05, 4.69) is 0 Å². The molecule has 0 unspecified atom stereocenters. The number of hydrogen-bond acceptors (Lipinski definition) is 2. The zero-order chi connectivity index (χ0) is 9.26. The van der Waals surface area contributed by atoms with Gasteiger partial charge in [-0.25, -0.2) is 0 Å². The Hall–Kier alpha value is -0.276. The number of ether oxygens (including phenoxy) is 2.